The summed E-state index contributed by atoms with van der Waals surface area (Å²) >= 11 is 5.51. The van der Waals surface area contributed by atoms with Crippen LogP contribution in [0.25, 0.3) is 0 Å². The lowest BCUT2D eigenvalue weighted by Crippen LogP contribution is -2.59. The number of rotatable bonds is 14. The van der Waals surface area contributed by atoms with E-state index in [2.05, 4.69) is 29.1 Å². The average molecular weight is 739 g/mol. The number of anilines is 2. The summed E-state index contributed by atoms with van der Waals surface area (Å²) in [5.41, 5.74) is 3.40. The van der Waals surface area contributed by atoms with Gasteiger partial charge >= 0.3 is 0 Å². The van der Waals surface area contributed by atoms with E-state index in [1.807, 2.05) is 77.1 Å². The number of amides is 3. The Hall–Kier alpha value is -3.08. The van der Waals surface area contributed by atoms with Gasteiger partial charge in [-0.2, -0.15) is 0 Å². The fraction of sp³-hybridized carbons (Fsp3) is 0.500. The topological polar surface area (TPSA) is 90.4 Å². The SMILES string of the molecule is C=CCN(C(=O)[C@H]1[C@@H]2SC3(CC2Br)C(C(=O)N(CC=C)c2cc(C)ccc2C)N([C@@H](CO)[C@@H](C)CC)C(=O)[C@H]13)c1ccc(OCC)cc1. The highest BCUT2D eigenvalue weighted by Crippen LogP contribution is 2.68. The maximum atomic E-state index is 15.2. The van der Waals surface area contributed by atoms with Crippen LogP contribution in [0.3, 0.4) is 0 Å². The highest BCUT2D eigenvalue weighted by atomic mass is 79.9. The molecule has 3 unspecified atom stereocenters. The van der Waals surface area contributed by atoms with Crippen molar-refractivity contribution in [2.75, 3.05) is 36.1 Å². The summed E-state index contributed by atoms with van der Waals surface area (Å²) in [5.74, 6) is -1.40. The van der Waals surface area contributed by atoms with Crippen molar-refractivity contribution in [1.29, 1.82) is 0 Å². The van der Waals surface area contributed by atoms with E-state index in [-0.39, 0.29) is 53.4 Å². The number of carbonyl (C=O) groups excluding carboxylic acids is 3. The van der Waals surface area contributed by atoms with Crippen LogP contribution in [0, 0.1) is 31.6 Å². The normalized spacial score (nSPS) is 26.9. The van der Waals surface area contributed by atoms with Crippen LogP contribution >= 0.6 is 27.7 Å². The van der Waals surface area contributed by atoms with E-state index in [4.69, 9.17) is 4.74 Å². The van der Waals surface area contributed by atoms with Crippen LogP contribution in [-0.4, -0.2) is 80.9 Å². The first-order valence-corrected chi connectivity index (χ1v) is 18.7. The number of fused-ring (bicyclic) bond motifs is 1. The number of alkyl halides is 1. The number of hydrogen-bond donors (Lipinski definition) is 1. The minimum atomic E-state index is -0.882. The molecule has 2 bridgehead atoms. The molecule has 3 aliphatic rings. The van der Waals surface area contributed by atoms with E-state index >= 15 is 4.79 Å². The molecule has 48 heavy (non-hydrogen) atoms. The minimum absolute atomic E-state index is 0.0738. The molecular weight excluding hydrogens is 690 g/mol. The number of thioether (sulfide) groups is 1. The Labute approximate surface area is 297 Å². The van der Waals surface area contributed by atoms with E-state index < -0.39 is 28.7 Å². The molecule has 1 spiro atoms. The van der Waals surface area contributed by atoms with E-state index in [0.29, 0.717) is 30.9 Å². The highest BCUT2D eigenvalue weighted by molar-refractivity contribution is 9.09. The van der Waals surface area contributed by atoms with Crippen LogP contribution in [0.1, 0.15) is 44.7 Å². The van der Waals surface area contributed by atoms with Gasteiger partial charge in [0, 0.05) is 34.5 Å². The number of halogens is 1. The van der Waals surface area contributed by atoms with Gasteiger partial charge in [0.05, 0.1) is 35.8 Å². The first-order chi connectivity index (χ1) is 23.0. The molecule has 5 rings (SSSR count). The number of aliphatic hydroxyl groups excluding tert-OH is 1. The van der Waals surface area contributed by atoms with Gasteiger partial charge in [-0.25, -0.2) is 0 Å². The third-order valence-corrected chi connectivity index (χ3v) is 13.6. The maximum absolute atomic E-state index is 15.2. The number of aryl methyl sites for hydroxylation is 2. The molecule has 3 fully saturated rings. The smallest absolute Gasteiger partial charge is 0.251 e. The fourth-order valence-corrected chi connectivity index (χ4v) is 11.5. The van der Waals surface area contributed by atoms with Crippen LogP contribution < -0.4 is 14.5 Å². The van der Waals surface area contributed by atoms with Gasteiger partial charge in [-0.3, -0.25) is 14.4 Å². The minimum Gasteiger partial charge on any atom is -0.494 e. The van der Waals surface area contributed by atoms with E-state index in [1.165, 1.54) is 0 Å². The molecule has 8 atom stereocenters. The van der Waals surface area contributed by atoms with Crippen molar-refractivity contribution < 1.29 is 24.2 Å². The first kappa shape index (κ1) is 36.2. The zero-order valence-electron chi connectivity index (χ0n) is 28.6. The van der Waals surface area contributed by atoms with Crippen molar-refractivity contribution in [3.05, 3.63) is 78.9 Å². The van der Waals surface area contributed by atoms with Gasteiger partial charge in [0.15, 0.2) is 0 Å². The number of likely N-dealkylation sites (tertiary alicyclic amines) is 1. The molecule has 3 heterocycles. The Morgan fingerprint density at radius 1 is 1.10 bits per heavy atom. The Balaban J connectivity index is 1.63. The van der Waals surface area contributed by atoms with Gasteiger partial charge in [0.1, 0.15) is 11.8 Å². The van der Waals surface area contributed by atoms with Crippen molar-refractivity contribution in [3.63, 3.8) is 0 Å². The maximum Gasteiger partial charge on any atom is 0.251 e. The molecule has 0 radical (unpaired) electrons. The number of nitrogens with zero attached hydrogens (tertiary/aromatic N) is 3. The molecule has 0 saturated carbocycles. The largest absolute Gasteiger partial charge is 0.494 e. The molecule has 258 valence electrons. The van der Waals surface area contributed by atoms with Crippen LogP contribution in [0.4, 0.5) is 11.4 Å². The lowest BCUT2D eigenvalue weighted by Gasteiger charge is -2.41. The van der Waals surface area contributed by atoms with Gasteiger partial charge in [-0.1, -0.05) is 60.5 Å². The van der Waals surface area contributed by atoms with Crippen LogP contribution in [0.5, 0.6) is 5.75 Å². The zero-order chi connectivity index (χ0) is 34.9. The van der Waals surface area contributed by atoms with Crippen molar-refractivity contribution in [2.24, 2.45) is 17.8 Å². The van der Waals surface area contributed by atoms with Gasteiger partial charge in [0.25, 0.3) is 5.91 Å². The first-order valence-electron chi connectivity index (χ1n) is 16.9. The average Bonchev–Trinajstić information content (AvgIpc) is 3.67. The van der Waals surface area contributed by atoms with Crippen molar-refractivity contribution >= 4 is 56.8 Å². The summed E-state index contributed by atoms with van der Waals surface area (Å²) in [6, 6.07) is 11.9. The second-order valence-corrected chi connectivity index (χ2v) is 16.0. The summed E-state index contributed by atoms with van der Waals surface area (Å²) in [6.45, 7) is 18.6. The second kappa shape index (κ2) is 14.8. The van der Waals surface area contributed by atoms with Crippen molar-refractivity contribution in [3.8, 4) is 5.75 Å². The lowest BCUT2D eigenvalue weighted by atomic mass is 9.70. The van der Waals surface area contributed by atoms with Gasteiger partial charge < -0.3 is 24.5 Å². The highest BCUT2D eigenvalue weighted by Gasteiger charge is 2.76. The van der Waals surface area contributed by atoms with Crippen LogP contribution in [-0.2, 0) is 14.4 Å². The standard InChI is InChI=1S/C38H48BrN3O5S/c1-8-18-40(26-14-16-27(17-15-26)47-11-4)35(44)31-32-36(45)42(30(22-43)24(6)10-3)34(38(32)21-28(39)33(31)48-38)37(46)41(19-9-2)29-20-23(5)12-13-25(29)7/h8-9,12-17,20,24,28,30-34,43H,1-2,10-11,18-19,21-22H2,3-7H3/t24-,28?,30-,31+,32-,33+,34?,38?/m0/s1. The molecule has 10 heteroatoms. The third-order valence-electron chi connectivity index (χ3n) is 10.4. The predicted molar refractivity (Wildman–Crippen MR) is 198 cm³/mol. The lowest BCUT2D eigenvalue weighted by molar-refractivity contribution is -0.143. The third kappa shape index (κ3) is 6.13. The summed E-state index contributed by atoms with van der Waals surface area (Å²) in [5, 5.41) is 10.6. The quantitative estimate of drug-likeness (QED) is 0.181. The van der Waals surface area contributed by atoms with Crippen LogP contribution in [0.2, 0.25) is 0 Å². The summed E-state index contributed by atoms with van der Waals surface area (Å²) < 4.78 is 4.76. The molecule has 0 aromatic heterocycles. The van der Waals surface area contributed by atoms with E-state index in [9.17, 15) is 14.7 Å². The molecule has 3 aliphatic heterocycles. The molecule has 8 nitrogen and oxygen atoms in total. The molecule has 3 amide bonds. The molecule has 2 aromatic rings. The second-order valence-electron chi connectivity index (χ2n) is 13.2. The molecule has 0 aliphatic carbocycles. The zero-order valence-corrected chi connectivity index (χ0v) is 31.0. The monoisotopic (exact) mass is 737 g/mol. The summed E-state index contributed by atoms with van der Waals surface area (Å²) in [7, 11) is 0. The van der Waals surface area contributed by atoms with Gasteiger partial charge in [0.2, 0.25) is 11.8 Å². The van der Waals surface area contributed by atoms with Gasteiger partial charge in [-0.05, 0) is 74.6 Å². The number of benzene rings is 2. The molecule has 3 saturated heterocycles. The fourth-order valence-electron chi connectivity index (χ4n) is 7.92. The summed E-state index contributed by atoms with van der Waals surface area (Å²) in [4.78, 5) is 50.0. The van der Waals surface area contributed by atoms with Crippen molar-refractivity contribution in [2.45, 2.75) is 74.4 Å². The Morgan fingerprint density at radius 3 is 2.38 bits per heavy atom. The van der Waals surface area contributed by atoms with E-state index in [0.717, 1.165) is 16.8 Å². The predicted octanol–water partition coefficient (Wildman–Crippen LogP) is 6.31. The summed E-state index contributed by atoms with van der Waals surface area (Å²) in [6.07, 6.45) is 4.66. The molecular formula is C38H48BrN3O5S. The van der Waals surface area contributed by atoms with Gasteiger partial charge in [-0.15, -0.1) is 24.9 Å². The van der Waals surface area contributed by atoms with E-state index in [1.54, 1.807) is 38.6 Å². The number of hydrogen-bond acceptors (Lipinski definition) is 6. The van der Waals surface area contributed by atoms with Crippen molar-refractivity contribution in [1.82, 2.24) is 4.90 Å². The molecule has 1 N–H and O–H groups in total. The number of ether oxygens (including phenoxy) is 1. The molecule has 2 aromatic carbocycles. The number of carbonyl (C=O) groups is 3. The Kier molecular flexibility index (Phi) is 11.2. The number of aliphatic hydroxyl groups is 1. The Bertz CT molecular complexity index is 1550. The van der Waals surface area contributed by atoms with Crippen LogP contribution in [0.15, 0.2) is 67.8 Å². The Morgan fingerprint density at radius 2 is 1.77 bits per heavy atom.